The zero-order chi connectivity index (χ0) is 12.1. The molecule has 1 N–H and O–H groups in total. The van der Waals surface area contributed by atoms with Crippen LogP contribution in [0.4, 0.5) is 0 Å². The van der Waals surface area contributed by atoms with E-state index in [0.29, 0.717) is 6.42 Å². The molecule has 0 radical (unpaired) electrons. The van der Waals surface area contributed by atoms with Gasteiger partial charge in [0.2, 0.25) is 10.0 Å². The Morgan fingerprint density at radius 1 is 1.53 bits per heavy atom. The zero-order valence-corrected chi connectivity index (χ0v) is 9.95. The van der Waals surface area contributed by atoms with Gasteiger partial charge in [0.15, 0.2) is 0 Å². The Morgan fingerprint density at radius 3 is 2.40 bits per heavy atom. The van der Waals surface area contributed by atoms with Crippen molar-refractivity contribution >= 4 is 16.0 Å². The number of hydrogen-bond donors (Lipinski definition) is 1. The van der Waals surface area contributed by atoms with Crippen LogP contribution in [-0.2, 0) is 19.6 Å². The number of methoxy groups -OCH3 is 1. The van der Waals surface area contributed by atoms with Gasteiger partial charge in [-0.15, -0.1) is 0 Å². The zero-order valence-electron chi connectivity index (χ0n) is 9.13. The lowest BCUT2D eigenvalue weighted by molar-refractivity contribution is -0.137. The molecule has 1 unspecified atom stereocenters. The van der Waals surface area contributed by atoms with Gasteiger partial charge in [-0.05, 0) is 6.42 Å². The lowest BCUT2D eigenvalue weighted by Gasteiger charge is -2.18. The van der Waals surface area contributed by atoms with Gasteiger partial charge in [0, 0.05) is 14.2 Å². The van der Waals surface area contributed by atoms with Gasteiger partial charge < -0.3 is 9.84 Å². The minimum atomic E-state index is -3.55. The lowest BCUT2D eigenvalue weighted by atomic mass is 10.3. The molecule has 0 aliphatic carbocycles. The summed E-state index contributed by atoms with van der Waals surface area (Å²) in [5.74, 6) is -1.37. The molecular weight excluding hydrogens is 222 g/mol. The minimum Gasteiger partial charge on any atom is -0.480 e. The minimum absolute atomic E-state index is 0.191. The summed E-state index contributed by atoms with van der Waals surface area (Å²) in [6.07, 6.45) is 0.169. The van der Waals surface area contributed by atoms with E-state index < -0.39 is 28.6 Å². The molecule has 15 heavy (non-hydrogen) atoms. The first-order valence-electron chi connectivity index (χ1n) is 4.52. The highest BCUT2D eigenvalue weighted by Gasteiger charge is 2.23. The topological polar surface area (TPSA) is 83.9 Å². The maximum Gasteiger partial charge on any atom is 0.318 e. The normalized spacial score (nSPS) is 14.1. The van der Waals surface area contributed by atoms with Crippen molar-refractivity contribution in [3.05, 3.63) is 0 Å². The molecule has 0 aliphatic rings. The molecule has 0 fully saturated rings. The van der Waals surface area contributed by atoms with Crippen LogP contribution in [0.25, 0.3) is 0 Å². The van der Waals surface area contributed by atoms with Crippen LogP contribution in [-0.4, -0.2) is 56.4 Å². The molecule has 6 nitrogen and oxygen atoms in total. The Hall–Kier alpha value is -0.660. The molecule has 90 valence electrons. The molecular formula is C8H17NO5S. The van der Waals surface area contributed by atoms with Crippen molar-refractivity contribution < 1.29 is 23.1 Å². The summed E-state index contributed by atoms with van der Waals surface area (Å²) in [6.45, 7) is 1.28. The highest BCUT2D eigenvalue weighted by molar-refractivity contribution is 7.89. The van der Waals surface area contributed by atoms with E-state index in [1.807, 2.05) is 0 Å². The summed E-state index contributed by atoms with van der Waals surface area (Å²) in [5.41, 5.74) is 0. The Balaban J connectivity index is 4.47. The summed E-state index contributed by atoms with van der Waals surface area (Å²) < 4.78 is 28.9. The van der Waals surface area contributed by atoms with Crippen LogP contribution < -0.4 is 0 Å². The number of carboxylic acids is 1. The summed E-state index contributed by atoms with van der Waals surface area (Å²) in [7, 11) is -0.878. The predicted molar refractivity (Wildman–Crippen MR) is 55.1 cm³/mol. The van der Waals surface area contributed by atoms with Crippen molar-refractivity contribution in [2.45, 2.75) is 19.4 Å². The molecule has 1 atom stereocenters. The van der Waals surface area contributed by atoms with Crippen molar-refractivity contribution in [1.82, 2.24) is 4.31 Å². The first-order valence-corrected chi connectivity index (χ1v) is 6.13. The molecule has 0 spiro atoms. The van der Waals surface area contributed by atoms with E-state index in [9.17, 15) is 13.2 Å². The summed E-state index contributed by atoms with van der Waals surface area (Å²) in [6, 6.07) is 0. The SMILES string of the molecule is CCC(CS(=O)(=O)N(C)CC(=O)O)OC. The smallest absolute Gasteiger partial charge is 0.318 e. The number of ether oxygens (including phenoxy) is 1. The van der Waals surface area contributed by atoms with Gasteiger partial charge in [-0.2, -0.15) is 4.31 Å². The molecule has 7 heteroatoms. The number of hydrogen-bond acceptors (Lipinski definition) is 4. The molecule has 0 saturated heterocycles. The van der Waals surface area contributed by atoms with Crippen LogP contribution >= 0.6 is 0 Å². The van der Waals surface area contributed by atoms with Crippen LogP contribution in [0.15, 0.2) is 0 Å². The molecule has 0 aromatic heterocycles. The molecule has 0 aliphatic heterocycles. The summed E-state index contributed by atoms with van der Waals surface area (Å²) >= 11 is 0. The van der Waals surface area contributed by atoms with Crippen LogP contribution in [0.2, 0.25) is 0 Å². The summed E-state index contributed by atoms with van der Waals surface area (Å²) in [5, 5.41) is 8.46. The number of nitrogens with zero attached hydrogens (tertiary/aromatic N) is 1. The van der Waals surface area contributed by atoms with Crippen LogP contribution in [0.5, 0.6) is 0 Å². The second-order valence-electron chi connectivity index (χ2n) is 3.19. The van der Waals surface area contributed by atoms with Crippen molar-refractivity contribution in [1.29, 1.82) is 0 Å². The fourth-order valence-electron chi connectivity index (χ4n) is 1.00. The van der Waals surface area contributed by atoms with Crippen molar-refractivity contribution in [3.8, 4) is 0 Å². The Kier molecular flexibility index (Phi) is 5.77. The molecule has 0 saturated carbocycles. The predicted octanol–water partition coefficient (Wildman–Crippen LogP) is -0.242. The van der Waals surface area contributed by atoms with Gasteiger partial charge in [-0.3, -0.25) is 4.79 Å². The van der Waals surface area contributed by atoms with Crippen molar-refractivity contribution in [2.24, 2.45) is 0 Å². The van der Waals surface area contributed by atoms with E-state index in [1.165, 1.54) is 14.2 Å². The van der Waals surface area contributed by atoms with E-state index >= 15 is 0 Å². The Morgan fingerprint density at radius 2 is 2.07 bits per heavy atom. The number of carboxylic acid groups (broad SMARTS) is 1. The van der Waals surface area contributed by atoms with Crippen LogP contribution in [0.1, 0.15) is 13.3 Å². The highest BCUT2D eigenvalue weighted by Crippen LogP contribution is 2.05. The third-order valence-electron chi connectivity index (χ3n) is 2.02. The number of rotatable bonds is 7. The van der Waals surface area contributed by atoms with Crippen LogP contribution in [0.3, 0.4) is 0 Å². The van der Waals surface area contributed by atoms with Crippen LogP contribution in [0, 0.1) is 0 Å². The van der Waals surface area contributed by atoms with Gasteiger partial charge in [0.25, 0.3) is 0 Å². The third kappa shape index (κ3) is 5.10. The van der Waals surface area contributed by atoms with Crippen molar-refractivity contribution in [2.75, 3.05) is 26.5 Å². The van der Waals surface area contributed by atoms with Gasteiger partial charge in [-0.25, -0.2) is 8.42 Å². The van der Waals surface area contributed by atoms with E-state index in [4.69, 9.17) is 9.84 Å². The number of aliphatic carboxylic acids is 1. The van der Waals surface area contributed by atoms with Gasteiger partial charge in [-0.1, -0.05) is 6.92 Å². The average molecular weight is 239 g/mol. The maximum absolute atomic E-state index is 11.6. The molecule has 0 heterocycles. The molecule has 0 aromatic rings. The van der Waals surface area contributed by atoms with E-state index in [-0.39, 0.29) is 5.75 Å². The quantitative estimate of drug-likeness (QED) is 0.662. The molecule has 0 rings (SSSR count). The second kappa shape index (κ2) is 6.04. The highest BCUT2D eigenvalue weighted by atomic mass is 32.2. The Bertz CT molecular complexity index is 296. The first kappa shape index (κ1) is 14.3. The Labute approximate surface area is 89.9 Å². The summed E-state index contributed by atoms with van der Waals surface area (Å²) in [4.78, 5) is 10.3. The van der Waals surface area contributed by atoms with Gasteiger partial charge in [0.05, 0.1) is 11.9 Å². The van der Waals surface area contributed by atoms with E-state index in [0.717, 1.165) is 4.31 Å². The van der Waals surface area contributed by atoms with Gasteiger partial charge >= 0.3 is 5.97 Å². The fourth-order valence-corrected chi connectivity index (χ4v) is 2.41. The number of carbonyl (C=O) groups is 1. The number of sulfonamides is 1. The maximum atomic E-state index is 11.6. The van der Waals surface area contributed by atoms with E-state index in [2.05, 4.69) is 0 Å². The van der Waals surface area contributed by atoms with Gasteiger partial charge in [0.1, 0.15) is 6.54 Å². The van der Waals surface area contributed by atoms with Crippen molar-refractivity contribution in [3.63, 3.8) is 0 Å². The average Bonchev–Trinajstić information content (AvgIpc) is 2.13. The second-order valence-corrected chi connectivity index (χ2v) is 5.31. The number of likely N-dealkylation sites (N-methyl/N-ethyl adjacent to an activating group) is 1. The third-order valence-corrected chi connectivity index (χ3v) is 3.89. The van der Waals surface area contributed by atoms with E-state index in [1.54, 1.807) is 6.92 Å². The molecule has 0 bridgehead atoms. The monoisotopic (exact) mass is 239 g/mol. The fraction of sp³-hybridized carbons (Fsp3) is 0.875. The first-order chi connectivity index (χ1) is 6.83. The lowest BCUT2D eigenvalue weighted by Crippen LogP contribution is -2.37. The molecule has 0 amide bonds. The standard InChI is InChI=1S/C8H17NO5S/c1-4-7(14-3)6-15(12,13)9(2)5-8(10)11/h7H,4-6H2,1-3H3,(H,10,11). The largest absolute Gasteiger partial charge is 0.480 e. The molecule has 0 aromatic carbocycles.